The van der Waals surface area contributed by atoms with Crippen LogP contribution >= 0.6 is 11.3 Å². The predicted molar refractivity (Wildman–Crippen MR) is 250 cm³/mol. The quantitative estimate of drug-likeness (QED) is 0.179. The van der Waals surface area contributed by atoms with Crippen LogP contribution in [-0.4, -0.2) is 18.9 Å². The maximum Gasteiger partial charge on any atom is 0.161 e. The average molecular weight is 767 g/mol. The molecule has 0 aliphatic carbocycles. The summed E-state index contributed by atoms with van der Waals surface area (Å²) in [5.74, 6) is 0.731. The molecular weight excluding hydrogens is 737 g/mol. The third-order valence-electron chi connectivity index (χ3n) is 12.6. The largest absolute Gasteiger partial charge is 0.308 e. The minimum Gasteiger partial charge on any atom is -0.308 e. The lowest BCUT2D eigenvalue weighted by Crippen LogP contribution is -1.99. The van der Waals surface area contributed by atoms with E-state index in [9.17, 15) is 0 Å². The van der Waals surface area contributed by atoms with E-state index >= 15 is 0 Å². The molecule has 0 fully saturated rings. The van der Waals surface area contributed by atoms with Crippen LogP contribution in [0, 0.1) is 0 Å². The van der Waals surface area contributed by atoms with Crippen LogP contribution < -0.4 is 0 Å². The van der Waals surface area contributed by atoms with Gasteiger partial charge in [0.2, 0.25) is 0 Å². The summed E-state index contributed by atoms with van der Waals surface area (Å²) >= 11 is 1.77. The van der Waals surface area contributed by atoms with Gasteiger partial charge in [0, 0.05) is 64.3 Å². The summed E-state index contributed by atoms with van der Waals surface area (Å²) in [6, 6.07) is 66.3. The number of hydrogen-bond donors (Lipinski definition) is 0. The number of hydrogen-bond acceptors (Lipinski definition) is 3. The van der Waals surface area contributed by atoms with Crippen LogP contribution in [0.4, 0.5) is 0 Å². The van der Waals surface area contributed by atoms with Gasteiger partial charge in [0.05, 0.1) is 49.2 Å². The first-order chi connectivity index (χ1) is 29.3. The lowest BCUT2D eigenvalue weighted by atomic mass is 10.00. The third-order valence-corrected chi connectivity index (χ3v) is 13.8. The Morgan fingerprint density at radius 2 is 1.02 bits per heavy atom. The molecular formula is C54H30N4S. The van der Waals surface area contributed by atoms with E-state index in [0.717, 1.165) is 54.7 Å². The van der Waals surface area contributed by atoms with Crippen LogP contribution in [0.2, 0.25) is 0 Å². The first kappa shape index (κ1) is 31.5. The molecule has 272 valence electrons. The lowest BCUT2D eigenvalue weighted by molar-refractivity contribution is 1.20. The Bertz CT molecular complexity index is 4070. The lowest BCUT2D eigenvalue weighted by Gasteiger charge is -2.16. The molecule has 0 aliphatic heterocycles. The summed E-state index contributed by atoms with van der Waals surface area (Å²) < 4.78 is 7.39. The van der Waals surface area contributed by atoms with Crippen molar-refractivity contribution in [2.45, 2.75) is 0 Å². The van der Waals surface area contributed by atoms with Gasteiger partial charge >= 0.3 is 0 Å². The monoisotopic (exact) mass is 766 g/mol. The Balaban J connectivity index is 1.12. The number of para-hydroxylation sites is 3. The van der Waals surface area contributed by atoms with E-state index in [0.29, 0.717) is 0 Å². The van der Waals surface area contributed by atoms with Crippen LogP contribution in [-0.2, 0) is 0 Å². The van der Waals surface area contributed by atoms with E-state index in [-0.39, 0.29) is 0 Å². The number of rotatable bonds is 3. The Morgan fingerprint density at radius 3 is 1.83 bits per heavy atom. The van der Waals surface area contributed by atoms with Gasteiger partial charge in [-0.1, -0.05) is 152 Å². The summed E-state index contributed by atoms with van der Waals surface area (Å²) in [6.45, 7) is 0. The smallest absolute Gasteiger partial charge is 0.161 e. The molecule has 59 heavy (non-hydrogen) atoms. The van der Waals surface area contributed by atoms with Crippen molar-refractivity contribution < 1.29 is 0 Å². The maximum atomic E-state index is 5.41. The molecule has 0 saturated carbocycles. The van der Waals surface area contributed by atoms with Crippen LogP contribution in [0.5, 0.6) is 0 Å². The van der Waals surface area contributed by atoms with Crippen molar-refractivity contribution in [2.75, 3.05) is 0 Å². The Labute approximate surface area is 340 Å². The molecule has 0 spiro atoms. The fraction of sp³-hybridized carbons (Fsp3) is 0. The molecule has 0 amide bonds. The van der Waals surface area contributed by atoms with Gasteiger partial charge in [0.1, 0.15) is 0 Å². The van der Waals surface area contributed by atoms with Gasteiger partial charge in [0.25, 0.3) is 0 Å². The van der Waals surface area contributed by atoms with Crippen LogP contribution in [0.1, 0.15) is 0 Å². The number of benzene rings is 9. The molecule has 9 aromatic carbocycles. The summed E-state index contributed by atoms with van der Waals surface area (Å²) in [5.41, 5.74) is 11.4. The molecule has 14 rings (SSSR count). The highest BCUT2D eigenvalue weighted by Gasteiger charge is 2.24. The first-order valence-corrected chi connectivity index (χ1v) is 20.9. The SMILES string of the molecule is c1ccc(-c2nc(-c3ccc(-n4c5ccccc5c5ccc6ccc7c8cccc9c%10ccccc%10n(c98)c7c6c54)c4ccccc34)nc3c2sc2ccccc23)cc1. The van der Waals surface area contributed by atoms with Crippen molar-refractivity contribution in [1.82, 2.24) is 18.9 Å². The molecule has 0 radical (unpaired) electrons. The van der Waals surface area contributed by atoms with Crippen molar-refractivity contribution in [3.8, 4) is 28.3 Å². The van der Waals surface area contributed by atoms with Gasteiger partial charge in [-0.2, -0.15) is 0 Å². The molecule has 0 atom stereocenters. The number of aromatic nitrogens is 4. The highest BCUT2D eigenvalue weighted by Crippen LogP contribution is 2.47. The van der Waals surface area contributed by atoms with E-state index < -0.39 is 0 Å². The van der Waals surface area contributed by atoms with E-state index in [1.807, 2.05) is 0 Å². The maximum absolute atomic E-state index is 5.41. The van der Waals surface area contributed by atoms with Crippen LogP contribution in [0.25, 0.3) is 130 Å². The van der Waals surface area contributed by atoms with Crippen molar-refractivity contribution in [1.29, 1.82) is 0 Å². The number of thiophene rings is 1. The fourth-order valence-corrected chi connectivity index (χ4v) is 11.3. The van der Waals surface area contributed by atoms with Gasteiger partial charge < -0.3 is 8.97 Å². The zero-order chi connectivity index (χ0) is 38.3. The number of nitrogens with zero attached hydrogens (tertiary/aromatic N) is 4. The fourth-order valence-electron chi connectivity index (χ4n) is 10.2. The van der Waals surface area contributed by atoms with Gasteiger partial charge in [-0.3, -0.25) is 0 Å². The first-order valence-electron chi connectivity index (χ1n) is 20.1. The predicted octanol–water partition coefficient (Wildman–Crippen LogP) is 14.7. The van der Waals surface area contributed by atoms with Gasteiger partial charge in [-0.05, 0) is 41.1 Å². The molecule has 0 bridgehead atoms. The normalized spacial score (nSPS) is 12.4. The molecule has 0 saturated heterocycles. The Kier molecular flexibility index (Phi) is 6.14. The molecule has 5 heteroatoms. The highest BCUT2D eigenvalue weighted by atomic mass is 32.1. The minimum absolute atomic E-state index is 0.731. The van der Waals surface area contributed by atoms with Crippen LogP contribution in [0.15, 0.2) is 182 Å². The summed E-state index contributed by atoms with van der Waals surface area (Å²) in [6.07, 6.45) is 0. The zero-order valence-corrected chi connectivity index (χ0v) is 32.3. The van der Waals surface area contributed by atoms with Gasteiger partial charge in [-0.15, -0.1) is 11.3 Å². The van der Waals surface area contributed by atoms with E-state index in [1.165, 1.54) is 75.4 Å². The average Bonchev–Trinajstić information content (AvgIpc) is 4.05. The molecule has 14 aromatic rings. The molecule has 0 aliphatic rings. The molecule has 0 unspecified atom stereocenters. The summed E-state index contributed by atoms with van der Waals surface area (Å²) in [4.78, 5) is 10.8. The van der Waals surface area contributed by atoms with E-state index in [2.05, 4.69) is 191 Å². The second-order valence-electron chi connectivity index (χ2n) is 15.6. The second-order valence-corrected chi connectivity index (χ2v) is 16.7. The topological polar surface area (TPSA) is 35.1 Å². The number of fused-ring (bicyclic) bond motifs is 16. The molecule has 5 aromatic heterocycles. The van der Waals surface area contributed by atoms with Crippen molar-refractivity contribution in [3.05, 3.63) is 182 Å². The van der Waals surface area contributed by atoms with Crippen molar-refractivity contribution in [2.24, 2.45) is 0 Å². The summed E-state index contributed by atoms with van der Waals surface area (Å²) in [7, 11) is 0. The minimum atomic E-state index is 0.731. The third kappa shape index (κ3) is 4.11. The molecule has 0 N–H and O–H groups in total. The van der Waals surface area contributed by atoms with Gasteiger partial charge in [-0.25, -0.2) is 9.97 Å². The highest BCUT2D eigenvalue weighted by molar-refractivity contribution is 7.26. The van der Waals surface area contributed by atoms with Crippen molar-refractivity contribution >= 4 is 113 Å². The van der Waals surface area contributed by atoms with E-state index in [1.54, 1.807) is 11.3 Å². The molecule has 4 nitrogen and oxygen atoms in total. The van der Waals surface area contributed by atoms with Crippen LogP contribution in [0.3, 0.4) is 0 Å². The Hall–Kier alpha value is -7.60. The van der Waals surface area contributed by atoms with E-state index in [4.69, 9.17) is 9.97 Å². The Morgan fingerprint density at radius 1 is 0.407 bits per heavy atom. The van der Waals surface area contributed by atoms with Crippen molar-refractivity contribution in [3.63, 3.8) is 0 Å². The second kappa shape index (κ2) is 11.5. The van der Waals surface area contributed by atoms with Gasteiger partial charge in [0.15, 0.2) is 5.82 Å². The molecule has 5 heterocycles. The standard InChI is InChI=1S/C54H30N4S/c1-2-13-32(14-3-1)48-53-49(42-19-8-11-24-46(42)59-53)56-54(55-48)41-29-30-45(34-16-5-4-15-33(34)41)57-43-22-9-6-18-36(43)39-27-25-31-26-28-40-38-21-12-20-37-35-17-7-10-23-44(35)58(50(37)38)52(40)47(31)51(39)57/h1-30H. The zero-order valence-electron chi connectivity index (χ0n) is 31.5. The summed E-state index contributed by atoms with van der Waals surface area (Å²) in [5, 5.41) is 13.5.